The minimum atomic E-state index is -0.364. The van der Waals surface area contributed by atoms with Crippen LogP contribution in [0.25, 0.3) is 33.4 Å². The molecule has 0 fully saturated rings. The summed E-state index contributed by atoms with van der Waals surface area (Å²) in [6.07, 6.45) is 1.37. The molecule has 4 rings (SSSR count). The summed E-state index contributed by atoms with van der Waals surface area (Å²) in [4.78, 5) is 12.8. The summed E-state index contributed by atoms with van der Waals surface area (Å²) in [5, 5.41) is 7.46. The van der Waals surface area contributed by atoms with Crippen LogP contribution in [0.2, 0.25) is 0 Å². The fourth-order valence-corrected chi connectivity index (χ4v) is 3.79. The van der Waals surface area contributed by atoms with Crippen molar-refractivity contribution in [2.24, 2.45) is 0 Å². The van der Waals surface area contributed by atoms with E-state index >= 15 is 0 Å². The van der Waals surface area contributed by atoms with Gasteiger partial charge in [0.25, 0.3) is 5.91 Å². The van der Waals surface area contributed by atoms with E-state index in [0.29, 0.717) is 46.4 Å². The maximum atomic E-state index is 13.4. The van der Waals surface area contributed by atoms with Gasteiger partial charge < -0.3 is 19.0 Å². The first-order valence-electron chi connectivity index (χ1n) is 10.1. The molecule has 160 valence electrons. The first kappa shape index (κ1) is 20.7. The molecule has 4 aromatic rings. The van der Waals surface area contributed by atoms with E-state index in [0.717, 1.165) is 22.6 Å². The summed E-state index contributed by atoms with van der Waals surface area (Å²) in [6.45, 7) is 4.01. The van der Waals surface area contributed by atoms with E-state index < -0.39 is 0 Å². The average molecular weight is 422 g/mol. The van der Waals surface area contributed by atoms with Gasteiger partial charge in [-0.2, -0.15) is 0 Å². The molecular formula is C24H23FN2O4. The number of nitrogens with one attached hydrogen (secondary N) is 1. The summed E-state index contributed by atoms with van der Waals surface area (Å²) >= 11 is 0. The van der Waals surface area contributed by atoms with Crippen LogP contribution in [0, 0.1) is 5.82 Å². The van der Waals surface area contributed by atoms with Gasteiger partial charge in [-0.15, -0.1) is 0 Å². The molecule has 0 aliphatic carbocycles. The summed E-state index contributed by atoms with van der Waals surface area (Å²) in [7, 11) is 3.13. The Labute approximate surface area is 179 Å². The van der Waals surface area contributed by atoms with E-state index in [-0.39, 0.29) is 11.7 Å². The number of hydrogen-bond donors (Lipinski definition) is 1. The van der Waals surface area contributed by atoms with Gasteiger partial charge in [0, 0.05) is 30.0 Å². The molecular weight excluding hydrogens is 399 g/mol. The Morgan fingerprint density at radius 3 is 2.52 bits per heavy atom. The van der Waals surface area contributed by atoms with Gasteiger partial charge in [0.05, 0.1) is 23.9 Å². The first-order chi connectivity index (χ1) is 15.0. The number of aryl methyl sites for hydroxylation is 2. The number of rotatable bonds is 6. The number of methoxy groups -OCH3 is 1. The third-order valence-corrected chi connectivity index (χ3v) is 5.33. The number of halogens is 1. The van der Waals surface area contributed by atoms with Gasteiger partial charge >= 0.3 is 0 Å². The van der Waals surface area contributed by atoms with Gasteiger partial charge in [-0.05, 0) is 42.8 Å². The van der Waals surface area contributed by atoms with Crippen LogP contribution in [0.3, 0.4) is 0 Å². The second kappa shape index (κ2) is 8.26. The van der Waals surface area contributed by atoms with Crippen molar-refractivity contribution in [3.63, 3.8) is 0 Å². The van der Waals surface area contributed by atoms with Crippen molar-refractivity contribution in [3.8, 4) is 28.2 Å². The Hall–Kier alpha value is -3.61. The molecule has 0 spiro atoms. The summed E-state index contributed by atoms with van der Waals surface area (Å²) in [5.41, 5.74) is 3.97. The van der Waals surface area contributed by atoms with Crippen molar-refractivity contribution < 1.29 is 22.9 Å². The normalized spacial score (nSPS) is 11.1. The third-order valence-electron chi connectivity index (χ3n) is 5.33. The molecule has 6 nitrogen and oxygen atoms in total. The third kappa shape index (κ3) is 3.46. The van der Waals surface area contributed by atoms with Crippen molar-refractivity contribution >= 4 is 16.9 Å². The van der Waals surface area contributed by atoms with Crippen molar-refractivity contribution in [1.29, 1.82) is 0 Å². The van der Waals surface area contributed by atoms with Crippen LogP contribution < -0.4 is 10.1 Å². The van der Waals surface area contributed by atoms with Crippen LogP contribution >= 0.6 is 0 Å². The quantitative estimate of drug-likeness (QED) is 0.451. The molecule has 1 amide bonds. The van der Waals surface area contributed by atoms with Crippen LogP contribution in [0.1, 0.15) is 35.7 Å². The number of hydrogen-bond acceptors (Lipinski definition) is 5. The lowest BCUT2D eigenvalue weighted by Gasteiger charge is -2.10. The van der Waals surface area contributed by atoms with Crippen LogP contribution in [0.5, 0.6) is 5.75 Å². The number of ether oxygens (including phenoxy) is 1. The number of nitrogens with zero attached hydrogens (tertiary/aromatic N) is 1. The van der Waals surface area contributed by atoms with Crippen LogP contribution in [-0.2, 0) is 12.8 Å². The minimum absolute atomic E-state index is 0.304. The molecule has 0 radical (unpaired) electrons. The highest BCUT2D eigenvalue weighted by atomic mass is 19.1. The molecule has 0 unspecified atom stereocenters. The Morgan fingerprint density at radius 1 is 1.16 bits per heavy atom. The Bertz CT molecular complexity index is 1230. The lowest BCUT2D eigenvalue weighted by atomic mass is 9.97. The summed E-state index contributed by atoms with van der Waals surface area (Å²) in [6, 6.07) is 9.47. The number of fused-ring (bicyclic) bond motifs is 1. The molecule has 2 aromatic carbocycles. The highest BCUT2D eigenvalue weighted by molar-refractivity contribution is 6.12. The summed E-state index contributed by atoms with van der Waals surface area (Å²) in [5.74, 6) is 1.03. The molecule has 2 heterocycles. The van der Waals surface area contributed by atoms with Crippen molar-refractivity contribution in [1.82, 2.24) is 10.5 Å². The molecule has 2 aromatic heterocycles. The van der Waals surface area contributed by atoms with E-state index in [1.54, 1.807) is 32.4 Å². The highest BCUT2D eigenvalue weighted by Crippen LogP contribution is 2.42. The first-order valence-corrected chi connectivity index (χ1v) is 10.1. The number of carbonyl (C=O) groups excluding carboxylic acids is 1. The topological polar surface area (TPSA) is 77.5 Å². The zero-order valence-corrected chi connectivity index (χ0v) is 17.8. The largest absolute Gasteiger partial charge is 0.496 e. The van der Waals surface area contributed by atoms with Gasteiger partial charge in [0.2, 0.25) is 0 Å². The fourth-order valence-electron chi connectivity index (χ4n) is 3.79. The number of benzene rings is 2. The lowest BCUT2D eigenvalue weighted by Crippen LogP contribution is -2.18. The average Bonchev–Trinajstić information content (AvgIpc) is 3.38. The SMILES string of the molecule is CCc1noc(CC)c1-c1cc2oc(-c3ccc(F)cc3)c(C(=O)NC)c2cc1OC. The predicted octanol–water partition coefficient (Wildman–Crippen LogP) is 5.39. The molecule has 0 saturated heterocycles. The van der Waals surface area contributed by atoms with Crippen molar-refractivity contribution in [3.05, 3.63) is 59.2 Å². The number of furan rings is 1. The second-order valence-corrected chi connectivity index (χ2v) is 7.08. The van der Waals surface area contributed by atoms with Crippen LogP contribution in [-0.4, -0.2) is 25.2 Å². The molecule has 0 aliphatic rings. The monoisotopic (exact) mass is 422 g/mol. The number of amides is 1. The summed E-state index contributed by atoms with van der Waals surface area (Å²) < 4.78 is 30.8. The van der Waals surface area contributed by atoms with Gasteiger partial charge in [-0.1, -0.05) is 19.0 Å². The molecule has 0 saturated carbocycles. The standard InChI is InChI=1S/C24H23FN2O4/c1-5-17-21(18(6-2)31-27-17)15-12-20-16(11-19(15)29-4)22(24(28)26-3)23(30-20)13-7-9-14(25)10-8-13/h7-12H,5-6H2,1-4H3,(H,26,28). The maximum Gasteiger partial charge on any atom is 0.255 e. The zero-order chi connectivity index (χ0) is 22.1. The number of carbonyl (C=O) groups is 1. The molecule has 31 heavy (non-hydrogen) atoms. The predicted molar refractivity (Wildman–Crippen MR) is 116 cm³/mol. The van der Waals surface area contributed by atoms with E-state index in [4.69, 9.17) is 13.7 Å². The molecule has 1 N–H and O–H groups in total. The van der Waals surface area contributed by atoms with E-state index in [1.165, 1.54) is 12.1 Å². The fraction of sp³-hybridized carbons (Fsp3) is 0.250. The van der Waals surface area contributed by atoms with E-state index in [2.05, 4.69) is 10.5 Å². The zero-order valence-electron chi connectivity index (χ0n) is 17.8. The lowest BCUT2D eigenvalue weighted by molar-refractivity contribution is 0.0964. The Balaban J connectivity index is 2.02. The molecule has 0 bridgehead atoms. The van der Waals surface area contributed by atoms with Crippen LogP contribution in [0.4, 0.5) is 4.39 Å². The highest BCUT2D eigenvalue weighted by Gasteiger charge is 2.26. The van der Waals surface area contributed by atoms with Crippen molar-refractivity contribution in [2.45, 2.75) is 26.7 Å². The van der Waals surface area contributed by atoms with E-state index in [1.807, 2.05) is 19.9 Å². The van der Waals surface area contributed by atoms with Gasteiger partial charge in [-0.3, -0.25) is 4.79 Å². The minimum Gasteiger partial charge on any atom is -0.496 e. The van der Waals surface area contributed by atoms with Crippen LogP contribution in [0.15, 0.2) is 45.3 Å². The maximum absolute atomic E-state index is 13.4. The number of aromatic nitrogens is 1. The van der Waals surface area contributed by atoms with Gasteiger partial charge in [0.15, 0.2) is 0 Å². The van der Waals surface area contributed by atoms with Gasteiger partial charge in [-0.25, -0.2) is 4.39 Å². The van der Waals surface area contributed by atoms with Gasteiger partial charge in [0.1, 0.15) is 28.7 Å². The smallest absolute Gasteiger partial charge is 0.255 e. The van der Waals surface area contributed by atoms with E-state index in [9.17, 15) is 9.18 Å². The molecule has 0 atom stereocenters. The molecule has 0 aliphatic heterocycles. The molecule has 7 heteroatoms. The Kier molecular flexibility index (Phi) is 5.50. The van der Waals surface area contributed by atoms with Crippen molar-refractivity contribution in [2.75, 3.05) is 14.2 Å². The second-order valence-electron chi connectivity index (χ2n) is 7.08. The Morgan fingerprint density at radius 2 is 1.90 bits per heavy atom.